The van der Waals surface area contributed by atoms with Gasteiger partial charge in [0, 0.05) is 62.1 Å². The second-order valence-corrected chi connectivity index (χ2v) is 10.8. The molecule has 3 aromatic rings. The maximum Gasteiger partial charge on any atom is 0.248 e. The Hall–Kier alpha value is -4.31. The first-order valence-electron chi connectivity index (χ1n) is 14.3. The Labute approximate surface area is 244 Å². The Kier molecular flexibility index (Phi) is 8.41. The SMILES string of the molecule is N#Cc1cc(-c2ncnc(Nc3ccc(N4CCN(C5COC5)CC4)cc3)n2)ccc1OCC1CCN(C(=O)CO)C1. The molecule has 0 radical (unpaired) electrons. The lowest BCUT2D eigenvalue weighted by molar-refractivity contribution is -0.133. The van der Waals surface area contributed by atoms with Crippen LogP contribution >= 0.6 is 0 Å². The van der Waals surface area contributed by atoms with Crippen LogP contribution < -0.4 is 15.0 Å². The van der Waals surface area contributed by atoms with Crippen molar-refractivity contribution in [2.24, 2.45) is 5.92 Å². The van der Waals surface area contributed by atoms with E-state index >= 15 is 0 Å². The largest absolute Gasteiger partial charge is 0.492 e. The summed E-state index contributed by atoms with van der Waals surface area (Å²) >= 11 is 0. The first kappa shape index (κ1) is 27.8. The van der Waals surface area contributed by atoms with Crippen molar-refractivity contribution in [3.8, 4) is 23.2 Å². The number of likely N-dealkylation sites (tertiary alicyclic amines) is 1. The van der Waals surface area contributed by atoms with Gasteiger partial charge in [0.05, 0.1) is 31.4 Å². The molecule has 0 bridgehead atoms. The molecular weight excluding hydrogens is 536 g/mol. The number of carbonyl (C=O) groups is 1. The highest BCUT2D eigenvalue weighted by molar-refractivity contribution is 5.77. The van der Waals surface area contributed by atoms with Crippen LogP contribution in [-0.2, 0) is 9.53 Å². The molecule has 3 aliphatic heterocycles. The molecule has 0 saturated carbocycles. The minimum atomic E-state index is -0.483. The van der Waals surface area contributed by atoms with Crippen LogP contribution in [0.4, 0.5) is 17.3 Å². The standard InChI is InChI=1S/C30H34N8O4/c31-14-23-13-22(1-6-27(23)42-17-21-7-8-38(15-21)28(40)16-39)29-32-20-33-30(35-29)34-24-2-4-25(5-3-24)36-9-11-37(12-10-36)26-18-41-19-26/h1-6,13,20-21,26,39H,7-12,15-19H2,(H,32,33,34,35). The van der Waals surface area contributed by atoms with E-state index in [0.717, 1.165) is 51.5 Å². The van der Waals surface area contributed by atoms with Crippen molar-refractivity contribution < 1.29 is 19.4 Å². The Morgan fingerprint density at radius 2 is 1.90 bits per heavy atom. The van der Waals surface area contributed by atoms with Gasteiger partial charge in [0.1, 0.15) is 24.8 Å². The van der Waals surface area contributed by atoms with Crippen LogP contribution in [0, 0.1) is 17.2 Å². The zero-order valence-electron chi connectivity index (χ0n) is 23.4. The molecule has 0 spiro atoms. The molecule has 218 valence electrons. The highest BCUT2D eigenvalue weighted by atomic mass is 16.5. The summed E-state index contributed by atoms with van der Waals surface area (Å²) in [4.78, 5) is 31.4. The summed E-state index contributed by atoms with van der Waals surface area (Å²) in [5.74, 6) is 1.20. The van der Waals surface area contributed by atoms with E-state index in [1.54, 1.807) is 17.0 Å². The van der Waals surface area contributed by atoms with Gasteiger partial charge < -0.3 is 29.7 Å². The third kappa shape index (κ3) is 6.28. The van der Waals surface area contributed by atoms with Crippen LogP contribution in [0.25, 0.3) is 11.4 Å². The van der Waals surface area contributed by atoms with Crippen molar-refractivity contribution in [3.63, 3.8) is 0 Å². The zero-order chi connectivity index (χ0) is 28.9. The van der Waals surface area contributed by atoms with Crippen LogP contribution in [0.1, 0.15) is 12.0 Å². The number of amides is 1. The monoisotopic (exact) mass is 570 g/mol. The lowest BCUT2D eigenvalue weighted by Crippen LogP contribution is -2.56. The average molecular weight is 571 g/mol. The minimum Gasteiger partial charge on any atom is -0.492 e. The van der Waals surface area contributed by atoms with E-state index < -0.39 is 6.61 Å². The molecule has 12 heteroatoms. The van der Waals surface area contributed by atoms with Gasteiger partial charge >= 0.3 is 0 Å². The van der Waals surface area contributed by atoms with Crippen LogP contribution in [0.3, 0.4) is 0 Å². The predicted octanol–water partition coefficient (Wildman–Crippen LogP) is 1.89. The number of nitriles is 1. The Balaban J connectivity index is 1.05. The summed E-state index contributed by atoms with van der Waals surface area (Å²) in [5.41, 5.74) is 3.11. The van der Waals surface area contributed by atoms with Crippen molar-refractivity contribution in [3.05, 3.63) is 54.4 Å². The van der Waals surface area contributed by atoms with Crippen molar-refractivity contribution in [2.75, 3.05) is 75.9 Å². The fraction of sp³-hybridized carbons (Fsp3) is 0.433. The van der Waals surface area contributed by atoms with E-state index in [-0.39, 0.29) is 11.8 Å². The predicted molar refractivity (Wildman–Crippen MR) is 155 cm³/mol. The van der Waals surface area contributed by atoms with E-state index in [1.165, 1.54) is 12.0 Å². The second-order valence-electron chi connectivity index (χ2n) is 10.8. The maximum atomic E-state index is 11.7. The molecule has 1 aromatic heterocycles. The fourth-order valence-corrected chi connectivity index (χ4v) is 5.54. The molecule has 6 rings (SSSR count). The van der Waals surface area contributed by atoms with Crippen LogP contribution in [0.15, 0.2) is 48.8 Å². The zero-order valence-corrected chi connectivity index (χ0v) is 23.4. The number of nitrogens with one attached hydrogen (secondary N) is 1. The fourth-order valence-electron chi connectivity index (χ4n) is 5.54. The first-order valence-corrected chi connectivity index (χ1v) is 14.3. The molecule has 12 nitrogen and oxygen atoms in total. The molecule has 2 N–H and O–H groups in total. The highest BCUT2D eigenvalue weighted by Gasteiger charge is 2.29. The molecule has 3 aliphatic rings. The normalized spacial score (nSPS) is 19.3. The summed E-state index contributed by atoms with van der Waals surface area (Å²) in [6, 6.07) is 16.3. The van der Waals surface area contributed by atoms with Crippen LogP contribution in [-0.4, -0.2) is 108 Å². The average Bonchev–Trinajstić information content (AvgIpc) is 3.49. The number of aromatic nitrogens is 3. The number of anilines is 3. The topological polar surface area (TPSA) is 140 Å². The molecule has 3 fully saturated rings. The van der Waals surface area contributed by atoms with E-state index in [1.807, 2.05) is 18.2 Å². The molecule has 1 atom stereocenters. The van der Waals surface area contributed by atoms with E-state index in [2.05, 4.69) is 48.3 Å². The van der Waals surface area contributed by atoms with Crippen molar-refractivity contribution in [1.82, 2.24) is 24.8 Å². The number of piperazine rings is 1. The molecule has 0 aliphatic carbocycles. The number of rotatable bonds is 9. The number of hydrogen-bond acceptors (Lipinski definition) is 11. The van der Waals surface area contributed by atoms with Crippen LogP contribution in [0.2, 0.25) is 0 Å². The van der Waals surface area contributed by atoms with E-state index in [4.69, 9.17) is 14.6 Å². The van der Waals surface area contributed by atoms with Gasteiger partial charge in [-0.2, -0.15) is 10.2 Å². The van der Waals surface area contributed by atoms with Gasteiger partial charge in [-0.3, -0.25) is 9.69 Å². The molecule has 4 heterocycles. The number of aliphatic hydroxyl groups is 1. The summed E-state index contributed by atoms with van der Waals surface area (Å²) in [6.07, 6.45) is 2.24. The van der Waals surface area contributed by atoms with Crippen molar-refractivity contribution >= 4 is 23.2 Å². The highest BCUT2D eigenvalue weighted by Crippen LogP contribution is 2.27. The molecular formula is C30H34N8O4. The second kappa shape index (κ2) is 12.7. The van der Waals surface area contributed by atoms with Crippen molar-refractivity contribution in [2.45, 2.75) is 12.5 Å². The van der Waals surface area contributed by atoms with Gasteiger partial charge in [-0.05, 0) is 48.9 Å². The molecule has 42 heavy (non-hydrogen) atoms. The quantitative estimate of drug-likeness (QED) is 0.390. The van der Waals surface area contributed by atoms with Gasteiger partial charge in [-0.25, -0.2) is 9.97 Å². The van der Waals surface area contributed by atoms with Crippen LogP contribution in [0.5, 0.6) is 5.75 Å². The molecule has 2 aromatic carbocycles. The number of benzene rings is 2. The number of ether oxygens (including phenoxy) is 2. The van der Waals surface area contributed by atoms with Gasteiger partial charge in [-0.15, -0.1) is 0 Å². The third-order valence-corrected chi connectivity index (χ3v) is 8.12. The molecule has 1 unspecified atom stereocenters. The minimum absolute atomic E-state index is 0.149. The van der Waals surface area contributed by atoms with Gasteiger partial charge in [0.2, 0.25) is 11.9 Å². The van der Waals surface area contributed by atoms with Crippen molar-refractivity contribution in [1.29, 1.82) is 5.26 Å². The maximum absolute atomic E-state index is 11.7. The number of aliphatic hydroxyl groups excluding tert-OH is 1. The van der Waals surface area contributed by atoms with E-state index in [9.17, 15) is 10.1 Å². The summed E-state index contributed by atoms with van der Waals surface area (Å²) in [7, 11) is 0. The third-order valence-electron chi connectivity index (χ3n) is 8.12. The summed E-state index contributed by atoms with van der Waals surface area (Å²) in [6.45, 7) is 6.86. The Morgan fingerprint density at radius 3 is 2.62 bits per heavy atom. The lowest BCUT2D eigenvalue weighted by atomic mass is 10.1. The smallest absolute Gasteiger partial charge is 0.248 e. The van der Waals surface area contributed by atoms with Gasteiger partial charge in [-0.1, -0.05) is 0 Å². The van der Waals surface area contributed by atoms with Gasteiger partial charge in [0.25, 0.3) is 0 Å². The first-order chi connectivity index (χ1) is 20.6. The molecule has 1 amide bonds. The Morgan fingerprint density at radius 1 is 1.10 bits per heavy atom. The number of nitrogens with zero attached hydrogens (tertiary/aromatic N) is 7. The lowest BCUT2D eigenvalue weighted by Gasteiger charge is -2.43. The molecule has 3 saturated heterocycles. The summed E-state index contributed by atoms with van der Waals surface area (Å²) in [5, 5.41) is 22.1. The summed E-state index contributed by atoms with van der Waals surface area (Å²) < 4.78 is 11.3. The number of carbonyl (C=O) groups excluding carboxylic acids is 1. The Bertz CT molecular complexity index is 1430. The number of hydrogen-bond donors (Lipinski definition) is 2. The van der Waals surface area contributed by atoms with E-state index in [0.29, 0.717) is 54.4 Å². The van der Waals surface area contributed by atoms with Gasteiger partial charge in [0.15, 0.2) is 5.82 Å².